The summed E-state index contributed by atoms with van der Waals surface area (Å²) in [5, 5.41) is 7.62. The summed E-state index contributed by atoms with van der Waals surface area (Å²) in [6.45, 7) is 4.25. The first-order valence-electron chi connectivity index (χ1n) is 6.38. The summed E-state index contributed by atoms with van der Waals surface area (Å²) in [6.07, 6.45) is 1.75. The van der Waals surface area contributed by atoms with Gasteiger partial charge in [-0.15, -0.1) is 0 Å². The van der Waals surface area contributed by atoms with Crippen molar-refractivity contribution >= 4 is 0 Å². The number of ether oxygens (including phenoxy) is 1. The highest BCUT2D eigenvalue weighted by molar-refractivity contribution is 5.39. The minimum atomic E-state index is 0.0711. The zero-order valence-corrected chi connectivity index (χ0v) is 12.2. The van der Waals surface area contributed by atoms with Crippen molar-refractivity contribution in [2.24, 2.45) is 7.05 Å². The van der Waals surface area contributed by atoms with Gasteiger partial charge < -0.3 is 10.1 Å². The van der Waals surface area contributed by atoms with E-state index in [0.717, 1.165) is 11.4 Å². The molecule has 0 aliphatic heterocycles. The Labute approximate surface area is 114 Å². The maximum Gasteiger partial charge on any atom is 0.161 e. The van der Waals surface area contributed by atoms with Crippen LogP contribution in [-0.2, 0) is 7.05 Å². The molecule has 2 rings (SSSR count). The number of hydrogen-bond donors (Lipinski definition) is 1. The Morgan fingerprint density at radius 2 is 2.00 bits per heavy atom. The maximum absolute atomic E-state index is 5.40. The fraction of sp³-hybridized carbons (Fsp3) is 0.400. The van der Waals surface area contributed by atoms with Crippen LogP contribution in [0.5, 0.6) is 5.75 Å². The van der Waals surface area contributed by atoms with Crippen LogP contribution in [0.15, 0.2) is 24.4 Å². The number of benzene rings is 1. The first-order chi connectivity index (χ1) is 9.08. The molecule has 0 aliphatic carbocycles. The molecule has 0 amide bonds. The monoisotopic (exact) mass is 259 g/mol. The predicted octanol–water partition coefficient (Wildman–Crippen LogP) is 2.35. The number of nitrogens with one attached hydrogen (secondary N) is 1. The lowest BCUT2D eigenvalue weighted by Gasteiger charge is -2.19. The molecule has 1 heterocycles. The predicted molar refractivity (Wildman–Crippen MR) is 76.6 cm³/mol. The molecule has 1 unspecified atom stereocenters. The zero-order valence-electron chi connectivity index (χ0n) is 12.2. The molecule has 4 heteroatoms. The van der Waals surface area contributed by atoms with Gasteiger partial charge in [0.2, 0.25) is 0 Å². The molecular formula is C15H21N3O. The summed E-state index contributed by atoms with van der Waals surface area (Å²) in [4.78, 5) is 0. The summed E-state index contributed by atoms with van der Waals surface area (Å²) in [7, 11) is 5.56. The molecule has 0 saturated carbocycles. The van der Waals surface area contributed by atoms with Crippen LogP contribution in [0.2, 0.25) is 0 Å². The highest BCUT2D eigenvalue weighted by Crippen LogP contribution is 2.30. The van der Waals surface area contributed by atoms with E-state index >= 15 is 0 Å². The summed E-state index contributed by atoms with van der Waals surface area (Å²) >= 11 is 0. The number of rotatable bonds is 4. The van der Waals surface area contributed by atoms with Gasteiger partial charge in [0.1, 0.15) is 5.69 Å². The van der Waals surface area contributed by atoms with E-state index in [0.29, 0.717) is 0 Å². The van der Waals surface area contributed by atoms with Crippen molar-refractivity contribution < 1.29 is 4.74 Å². The number of hydrogen-bond acceptors (Lipinski definition) is 3. The second kappa shape index (κ2) is 5.45. The first kappa shape index (κ1) is 13.6. The van der Waals surface area contributed by atoms with Crippen molar-refractivity contribution in [1.29, 1.82) is 0 Å². The molecular weight excluding hydrogens is 238 g/mol. The number of aryl methyl sites for hydroxylation is 3. The van der Waals surface area contributed by atoms with Crippen molar-refractivity contribution in [2.75, 3.05) is 14.2 Å². The van der Waals surface area contributed by atoms with E-state index in [4.69, 9.17) is 4.74 Å². The second-order valence-corrected chi connectivity index (χ2v) is 4.79. The Morgan fingerprint density at radius 3 is 2.58 bits per heavy atom. The number of nitrogens with zero attached hydrogens (tertiary/aromatic N) is 2. The third-order valence-electron chi connectivity index (χ3n) is 3.60. The van der Waals surface area contributed by atoms with Gasteiger partial charge in [0.25, 0.3) is 0 Å². The normalized spacial score (nSPS) is 12.5. The summed E-state index contributed by atoms with van der Waals surface area (Å²) < 4.78 is 7.26. The van der Waals surface area contributed by atoms with Crippen molar-refractivity contribution in [3.63, 3.8) is 0 Å². The van der Waals surface area contributed by atoms with Crippen LogP contribution in [-0.4, -0.2) is 23.9 Å². The average molecular weight is 259 g/mol. The first-order valence-corrected chi connectivity index (χ1v) is 6.38. The number of methoxy groups -OCH3 is 1. The molecule has 0 radical (unpaired) electrons. The molecule has 1 N–H and O–H groups in total. The lowest BCUT2D eigenvalue weighted by molar-refractivity contribution is 0.402. The van der Waals surface area contributed by atoms with Crippen molar-refractivity contribution in [1.82, 2.24) is 15.1 Å². The topological polar surface area (TPSA) is 39.1 Å². The van der Waals surface area contributed by atoms with Gasteiger partial charge in [-0.2, -0.15) is 5.10 Å². The van der Waals surface area contributed by atoms with Crippen LogP contribution >= 0.6 is 0 Å². The molecule has 4 nitrogen and oxygen atoms in total. The molecule has 0 saturated heterocycles. The third kappa shape index (κ3) is 2.49. The van der Waals surface area contributed by atoms with E-state index < -0.39 is 0 Å². The molecule has 1 aromatic heterocycles. The van der Waals surface area contributed by atoms with E-state index in [1.165, 1.54) is 16.7 Å². The van der Waals surface area contributed by atoms with Gasteiger partial charge in [-0.3, -0.25) is 4.68 Å². The Balaban J connectivity index is 2.49. The van der Waals surface area contributed by atoms with E-state index in [1.54, 1.807) is 13.3 Å². The minimum Gasteiger partial charge on any atom is -0.493 e. The van der Waals surface area contributed by atoms with Gasteiger partial charge in [0, 0.05) is 7.05 Å². The summed E-state index contributed by atoms with van der Waals surface area (Å²) in [6, 6.07) is 6.58. The van der Waals surface area contributed by atoms with Crippen LogP contribution in [0, 0.1) is 13.8 Å². The Kier molecular flexibility index (Phi) is 3.90. The fourth-order valence-electron chi connectivity index (χ4n) is 2.32. The Hall–Kier alpha value is -1.81. The quantitative estimate of drug-likeness (QED) is 0.916. The smallest absolute Gasteiger partial charge is 0.161 e. The maximum atomic E-state index is 5.40. The third-order valence-corrected chi connectivity index (χ3v) is 3.60. The number of aromatic nitrogens is 2. The van der Waals surface area contributed by atoms with Gasteiger partial charge in [-0.25, -0.2) is 0 Å². The highest BCUT2D eigenvalue weighted by atomic mass is 16.5. The van der Waals surface area contributed by atoms with E-state index in [9.17, 15) is 0 Å². The van der Waals surface area contributed by atoms with Crippen molar-refractivity contribution in [3.8, 4) is 5.75 Å². The standard InChI is InChI=1S/C15H21N3O/c1-10-6-7-12(8-11(10)2)14(16-3)15-13(19-5)9-17-18(15)4/h6-9,14,16H,1-5H3. The zero-order chi connectivity index (χ0) is 14.0. The highest BCUT2D eigenvalue weighted by Gasteiger charge is 2.21. The Morgan fingerprint density at radius 1 is 1.26 bits per heavy atom. The SMILES string of the molecule is CNC(c1ccc(C)c(C)c1)c1c(OC)cnn1C. The molecule has 0 fully saturated rings. The summed E-state index contributed by atoms with van der Waals surface area (Å²) in [5.74, 6) is 0.806. The van der Waals surface area contributed by atoms with Crippen LogP contribution < -0.4 is 10.1 Å². The molecule has 1 aromatic carbocycles. The molecule has 0 spiro atoms. The van der Waals surface area contributed by atoms with Crippen LogP contribution in [0.1, 0.15) is 28.4 Å². The molecule has 0 aliphatic rings. The van der Waals surface area contributed by atoms with E-state index in [-0.39, 0.29) is 6.04 Å². The van der Waals surface area contributed by atoms with E-state index in [2.05, 4.69) is 42.5 Å². The molecule has 0 bridgehead atoms. The second-order valence-electron chi connectivity index (χ2n) is 4.79. The molecule has 102 valence electrons. The van der Waals surface area contributed by atoms with Crippen LogP contribution in [0.3, 0.4) is 0 Å². The lowest BCUT2D eigenvalue weighted by Crippen LogP contribution is -2.21. The fourth-order valence-corrected chi connectivity index (χ4v) is 2.32. The van der Waals surface area contributed by atoms with Crippen molar-refractivity contribution in [3.05, 3.63) is 46.8 Å². The van der Waals surface area contributed by atoms with Crippen molar-refractivity contribution in [2.45, 2.75) is 19.9 Å². The minimum absolute atomic E-state index is 0.0711. The van der Waals surface area contributed by atoms with Gasteiger partial charge in [0.15, 0.2) is 5.75 Å². The molecule has 2 aromatic rings. The van der Waals surface area contributed by atoms with Crippen LogP contribution in [0.25, 0.3) is 0 Å². The van der Waals surface area contributed by atoms with E-state index in [1.807, 2.05) is 18.8 Å². The van der Waals surface area contributed by atoms with Gasteiger partial charge >= 0.3 is 0 Å². The van der Waals surface area contributed by atoms with Gasteiger partial charge in [-0.1, -0.05) is 18.2 Å². The Bertz CT molecular complexity index is 575. The summed E-state index contributed by atoms with van der Waals surface area (Å²) in [5.41, 5.74) is 4.84. The van der Waals surface area contributed by atoms with Gasteiger partial charge in [0.05, 0.1) is 19.3 Å². The average Bonchev–Trinajstić information content (AvgIpc) is 2.76. The largest absolute Gasteiger partial charge is 0.493 e. The lowest BCUT2D eigenvalue weighted by atomic mass is 9.98. The van der Waals surface area contributed by atoms with Crippen LogP contribution in [0.4, 0.5) is 0 Å². The molecule has 1 atom stereocenters. The molecule has 19 heavy (non-hydrogen) atoms. The van der Waals surface area contributed by atoms with Gasteiger partial charge in [-0.05, 0) is 37.6 Å².